The van der Waals surface area contributed by atoms with Crippen LogP contribution in [0.3, 0.4) is 0 Å². The summed E-state index contributed by atoms with van der Waals surface area (Å²) in [6, 6.07) is 5.07. The number of rotatable bonds is 1. The van der Waals surface area contributed by atoms with Crippen LogP contribution in [0.2, 0.25) is 0 Å². The highest BCUT2D eigenvalue weighted by molar-refractivity contribution is 5.53. The molecule has 0 saturated carbocycles. The third-order valence-electron chi connectivity index (χ3n) is 3.06. The maximum absolute atomic E-state index is 13.0. The lowest BCUT2D eigenvalue weighted by Gasteiger charge is -2.28. The molecule has 0 aromatic heterocycles. The summed E-state index contributed by atoms with van der Waals surface area (Å²) in [6.45, 7) is 6.25. The fourth-order valence-electron chi connectivity index (χ4n) is 2.24. The fraction of sp³-hybridized carbons (Fsp3) is 0.538. The smallest absolute Gasteiger partial charge is 0.123 e. The van der Waals surface area contributed by atoms with Gasteiger partial charge in [-0.2, -0.15) is 0 Å². The quantitative estimate of drug-likeness (QED) is 0.784. The van der Waals surface area contributed by atoms with E-state index in [1.807, 2.05) is 13.0 Å². The van der Waals surface area contributed by atoms with Crippen LogP contribution >= 0.6 is 0 Å². The summed E-state index contributed by atoms with van der Waals surface area (Å²) in [5, 5.41) is 3.40. The molecule has 0 amide bonds. The van der Waals surface area contributed by atoms with E-state index in [1.54, 1.807) is 12.1 Å². The summed E-state index contributed by atoms with van der Waals surface area (Å²) in [5.74, 6) is -0.144. The molecule has 0 radical (unpaired) electrons. The molecular formula is C13H19FN2. The van der Waals surface area contributed by atoms with Crippen molar-refractivity contribution in [1.82, 2.24) is 5.32 Å². The van der Waals surface area contributed by atoms with Gasteiger partial charge in [-0.15, -0.1) is 0 Å². The molecule has 0 atom stereocenters. The van der Waals surface area contributed by atoms with Crippen LogP contribution in [-0.4, -0.2) is 26.2 Å². The number of halogens is 1. The first-order valence-corrected chi connectivity index (χ1v) is 5.99. The maximum Gasteiger partial charge on any atom is 0.123 e. The van der Waals surface area contributed by atoms with E-state index in [1.165, 1.54) is 5.69 Å². The molecule has 16 heavy (non-hydrogen) atoms. The number of benzene rings is 1. The van der Waals surface area contributed by atoms with Crippen molar-refractivity contribution in [1.29, 1.82) is 0 Å². The molecule has 1 aliphatic rings. The van der Waals surface area contributed by atoms with Gasteiger partial charge in [-0.1, -0.05) is 0 Å². The van der Waals surface area contributed by atoms with Crippen molar-refractivity contribution >= 4 is 5.69 Å². The van der Waals surface area contributed by atoms with E-state index in [0.29, 0.717) is 0 Å². The van der Waals surface area contributed by atoms with Gasteiger partial charge < -0.3 is 10.2 Å². The second-order valence-corrected chi connectivity index (χ2v) is 4.37. The van der Waals surface area contributed by atoms with Crippen molar-refractivity contribution in [3.05, 3.63) is 29.6 Å². The molecule has 0 aliphatic carbocycles. The third-order valence-corrected chi connectivity index (χ3v) is 3.06. The first kappa shape index (κ1) is 11.4. The van der Waals surface area contributed by atoms with Crippen molar-refractivity contribution in [3.8, 4) is 0 Å². The Balaban J connectivity index is 2.14. The number of aryl methyl sites for hydroxylation is 1. The zero-order valence-electron chi connectivity index (χ0n) is 9.80. The molecule has 1 fully saturated rings. The minimum atomic E-state index is -0.144. The summed E-state index contributed by atoms with van der Waals surface area (Å²) in [6.07, 6.45) is 2.30. The first-order chi connectivity index (χ1) is 7.77. The van der Waals surface area contributed by atoms with Crippen LogP contribution in [0.5, 0.6) is 0 Å². The van der Waals surface area contributed by atoms with Crippen LogP contribution in [0.25, 0.3) is 0 Å². The number of nitrogens with one attached hydrogen (secondary N) is 1. The summed E-state index contributed by atoms with van der Waals surface area (Å²) < 4.78 is 13.0. The van der Waals surface area contributed by atoms with Gasteiger partial charge in [0.1, 0.15) is 5.82 Å². The van der Waals surface area contributed by atoms with Crippen molar-refractivity contribution < 1.29 is 4.39 Å². The van der Waals surface area contributed by atoms with E-state index in [9.17, 15) is 4.39 Å². The third kappa shape index (κ3) is 2.73. The summed E-state index contributed by atoms with van der Waals surface area (Å²) in [4.78, 5) is 2.37. The standard InChI is InChI=1S/C13H19FN2/c1-11-10-12(14)4-5-13(11)16-8-2-6-15-7-3-9-16/h4-5,10,15H,2-3,6-9H2,1H3. The van der Waals surface area contributed by atoms with Crippen LogP contribution in [0.4, 0.5) is 10.1 Å². The molecule has 0 spiro atoms. The molecule has 3 heteroatoms. The number of hydrogen-bond acceptors (Lipinski definition) is 2. The van der Waals surface area contributed by atoms with Gasteiger partial charge in [0.05, 0.1) is 0 Å². The van der Waals surface area contributed by atoms with E-state index in [0.717, 1.165) is 44.6 Å². The van der Waals surface area contributed by atoms with E-state index in [-0.39, 0.29) is 5.82 Å². The second kappa shape index (κ2) is 5.30. The SMILES string of the molecule is Cc1cc(F)ccc1N1CCCNCCC1. The highest BCUT2D eigenvalue weighted by atomic mass is 19.1. The summed E-state index contributed by atoms with van der Waals surface area (Å²) in [5.41, 5.74) is 2.22. The van der Waals surface area contributed by atoms with Crippen LogP contribution in [-0.2, 0) is 0 Å². The first-order valence-electron chi connectivity index (χ1n) is 5.99. The van der Waals surface area contributed by atoms with Gasteiger partial charge >= 0.3 is 0 Å². The van der Waals surface area contributed by atoms with Crippen molar-refractivity contribution in [2.45, 2.75) is 19.8 Å². The Morgan fingerprint density at radius 1 is 1.19 bits per heavy atom. The lowest BCUT2D eigenvalue weighted by atomic mass is 10.1. The fourth-order valence-corrected chi connectivity index (χ4v) is 2.24. The van der Waals surface area contributed by atoms with E-state index in [4.69, 9.17) is 0 Å². The van der Waals surface area contributed by atoms with Gasteiger partial charge in [0.2, 0.25) is 0 Å². The van der Waals surface area contributed by atoms with Gasteiger partial charge in [0.25, 0.3) is 0 Å². The van der Waals surface area contributed by atoms with Crippen LogP contribution in [0.1, 0.15) is 18.4 Å². The zero-order valence-corrected chi connectivity index (χ0v) is 9.80. The van der Waals surface area contributed by atoms with Crippen molar-refractivity contribution in [3.63, 3.8) is 0 Å². The van der Waals surface area contributed by atoms with E-state index < -0.39 is 0 Å². The lowest BCUT2D eigenvalue weighted by Crippen LogP contribution is -2.34. The summed E-state index contributed by atoms with van der Waals surface area (Å²) >= 11 is 0. The monoisotopic (exact) mass is 222 g/mol. The van der Waals surface area contributed by atoms with Crippen molar-refractivity contribution in [2.24, 2.45) is 0 Å². The number of anilines is 1. The van der Waals surface area contributed by atoms with E-state index >= 15 is 0 Å². The molecule has 1 saturated heterocycles. The Morgan fingerprint density at radius 3 is 2.50 bits per heavy atom. The minimum Gasteiger partial charge on any atom is -0.371 e. The highest BCUT2D eigenvalue weighted by Gasteiger charge is 2.11. The lowest BCUT2D eigenvalue weighted by molar-refractivity contribution is 0.566. The van der Waals surface area contributed by atoms with Crippen molar-refractivity contribution in [2.75, 3.05) is 31.1 Å². The molecule has 1 aromatic carbocycles. The Bertz CT molecular complexity index is 344. The molecular weight excluding hydrogens is 203 g/mol. The Kier molecular flexibility index (Phi) is 3.78. The van der Waals surface area contributed by atoms with Crippen LogP contribution in [0.15, 0.2) is 18.2 Å². The zero-order chi connectivity index (χ0) is 11.4. The Morgan fingerprint density at radius 2 is 1.88 bits per heavy atom. The van der Waals surface area contributed by atoms with Crippen LogP contribution in [0, 0.1) is 12.7 Å². The largest absolute Gasteiger partial charge is 0.371 e. The molecule has 1 aromatic rings. The van der Waals surface area contributed by atoms with E-state index in [2.05, 4.69) is 10.2 Å². The highest BCUT2D eigenvalue weighted by Crippen LogP contribution is 2.21. The predicted octanol–water partition coefficient (Wildman–Crippen LogP) is 2.32. The number of hydrogen-bond donors (Lipinski definition) is 1. The minimum absolute atomic E-state index is 0.144. The predicted molar refractivity (Wildman–Crippen MR) is 65.5 cm³/mol. The number of nitrogens with zero attached hydrogens (tertiary/aromatic N) is 1. The molecule has 1 N–H and O–H groups in total. The maximum atomic E-state index is 13.0. The molecule has 2 rings (SSSR count). The van der Waals surface area contributed by atoms with Crippen LogP contribution < -0.4 is 10.2 Å². The molecule has 1 heterocycles. The Hall–Kier alpha value is -1.09. The summed E-state index contributed by atoms with van der Waals surface area (Å²) in [7, 11) is 0. The molecule has 1 aliphatic heterocycles. The van der Waals surface area contributed by atoms with Gasteiger partial charge in [-0.3, -0.25) is 0 Å². The van der Waals surface area contributed by atoms with Gasteiger partial charge in [-0.25, -0.2) is 4.39 Å². The molecule has 0 unspecified atom stereocenters. The average molecular weight is 222 g/mol. The second-order valence-electron chi connectivity index (χ2n) is 4.37. The average Bonchev–Trinajstić information content (AvgIpc) is 2.19. The van der Waals surface area contributed by atoms with Gasteiger partial charge in [0, 0.05) is 18.8 Å². The molecule has 2 nitrogen and oxygen atoms in total. The Labute approximate surface area is 96.5 Å². The molecule has 88 valence electrons. The normalized spacial score (nSPS) is 18.0. The van der Waals surface area contributed by atoms with Gasteiger partial charge in [-0.05, 0) is 56.6 Å². The van der Waals surface area contributed by atoms with Gasteiger partial charge in [0.15, 0.2) is 0 Å². The molecule has 0 bridgehead atoms. The topological polar surface area (TPSA) is 15.3 Å².